The molecular formula is C20H27NO2. The summed E-state index contributed by atoms with van der Waals surface area (Å²) in [7, 11) is 0. The van der Waals surface area contributed by atoms with Crippen LogP contribution < -0.4 is 0 Å². The number of carbonyl (C=O) groups excluding carboxylic acids is 1. The summed E-state index contributed by atoms with van der Waals surface area (Å²) in [5, 5.41) is 0. The van der Waals surface area contributed by atoms with Crippen molar-refractivity contribution in [2.24, 2.45) is 5.92 Å². The third kappa shape index (κ3) is 4.44. The maximum absolute atomic E-state index is 12.9. The first-order valence-corrected chi connectivity index (χ1v) is 8.71. The molecule has 1 atom stereocenters. The molecule has 1 aliphatic carbocycles. The molecule has 1 heterocycles. The zero-order valence-corrected chi connectivity index (χ0v) is 14.2. The van der Waals surface area contributed by atoms with E-state index in [-0.39, 0.29) is 11.5 Å². The molecule has 1 amide bonds. The molecule has 1 saturated carbocycles. The second-order valence-corrected chi connectivity index (χ2v) is 7.33. The van der Waals surface area contributed by atoms with Crippen LogP contribution in [-0.4, -0.2) is 35.6 Å². The van der Waals surface area contributed by atoms with E-state index < -0.39 is 0 Å². The number of hydrogen-bond donors (Lipinski definition) is 0. The Labute approximate surface area is 139 Å². The van der Waals surface area contributed by atoms with E-state index in [4.69, 9.17) is 4.74 Å². The summed E-state index contributed by atoms with van der Waals surface area (Å²) in [6.07, 6.45) is 8.22. The van der Waals surface area contributed by atoms with Crippen LogP contribution in [0.15, 0.2) is 36.4 Å². The summed E-state index contributed by atoms with van der Waals surface area (Å²) in [6.45, 7) is 5.59. The van der Waals surface area contributed by atoms with Gasteiger partial charge in [-0.25, -0.2) is 0 Å². The van der Waals surface area contributed by atoms with Gasteiger partial charge in [-0.2, -0.15) is 0 Å². The summed E-state index contributed by atoms with van der Waals surface area (Å²) in [5.41, 5.74) is 1.01. The summed E-state index contributed by atoms with van der Waals surface area (Å²) < 4.78 is 5.76. The van der Waals surface area contributed by atoms with Gasteiger partial charge in [0.05, 0.1) is 5.60 Å². The Hall–Kier alpha value is -1.61. The van der Waals surface area contributed by atoms with Gasteiger partial charge in [0.2, 0.25) is 5.91 Å². The van der Waals surface area contributed by atoms with Crippen LogP contribution in [0.2, 0.25) is 0 Å². The van der Waals surface area contributed by atoms with E-state index in [2.05, 4.69) is 43.0 Å². The van der Waals surface area contributed by atoms with Crippen LogP contribution in [0.25, 0.3) is 6.08 Å². The SMILES string of the molecule is CC1(C)CC(C(=O)N(CC=Cc2ccccc2)C2CC2)CCO1. The molecule has 1 aliphatic heterocycles. The maximum Gasteiger partial charge on any atom is 0.226 e. The van der Waals surface area contributed by atoms with Crippen LogP contribution in [0, 0.1) is 5.92 Å². The van der Waals surface area contributed by atoms with Gasteiger partial charge in [0.25, 0.3) is 0 Å². The molecule has 1 aromatic rings. The molecule has 3 rings (SSSR count). The number of benzene rings is 1. The first kappa shape index (κ1) is 16.3. The molecule has 0 N–H and O–H groups in total. The molecule has 124 valence electrons. The van der Waals surface area contributed by atoms with E-state index in [0.717, 1.165) is 32.2 Å². The minimum absolute atomic E-state index is 0.115. The van der Waals surface area contributed by atoms with E-state index in [1.807, 2.05) is 18.2 Å². The smallest absolute Gasteiger partial charge is 0.226 e. The highest BCUT2D eigenvalue weighted by molar-refractivity contribution is 5.80. The van der Waals surface area contributed by atoms with Crippen LogP contribution in [0.3, 0.4) is 0 Å². The van der Waals surface area contributed by atoms with Crippen molar-refractivity contribution < 1.29 is 9.53 Å². The van der Waals surface area contributed by atoms with Gasteiger partial charge in [-0.3, -0.25) is 4.79 Å². The quantitative estimate of drug-likeness (QED) is 0.825. The molecule has 2 aliphatic rings. The zero-order valence-electron chi connectivity index (χ0n) is 14.2. The summed E-state index contributed by atoms with van der Waals surface area (Å²) in [5.74, 6) is 0.436. The summed E-state index contributed by atoms with van der Waals surface area (Å²) in [6, 6.07) is 10.7. The molecule has 0 bridgehead atoms. The molecule has 3 nitrogen and oxygen atoms in total. The van der Waals surface area contributed by atoms with Crippen molar-refractivity contribution in [2.75, 3.05) is 13.2 Å². The van der Waals surface area contributed by atoms with E-state index in [0.29, 0.717) is 18.6 Å². The fourth-order valence-electron chi connectivity index (χ4n) is 3.35. The Morgan fingerprint density at radius 2 is 2.00 bits per heavy atom. The fourth-order valence-corrected chi connectivity index (χ4v) is 3.35. The largest absolute Gasteiger partial charge is 0.376 e. The Bertz CT molecular complexity index is 560. The summed E-state index contributed by atoms with van der Waals surface area (Å²) in [4.78, 5) is 15.0. The van der Waals surface area contributed by atoms with Gasteiger partial charge in [0, 0.05) is 25.1 Å². The van der Waals surface area contributed by atoms with Gasteiger partial charge in [0.1, 0.15) is 0 Å². The average Bonchev–Trinajstić information content (AvgIpc) is 3.36. The third-order valence-electron chi connectivity index (χ3n) is 4.73. The Morgan fingerprint density at radius 1 is 1.26 bits per heavy atom. The Balaban J connectivity index is 1.62. The van der Waals surface area contributed by atoms with E-state index in [1.165, 1.54) is 5.56 Å². The number of nitrogens with zero attached hydrogens (tertiary/aromatic N) is 1. The van der Waals surface area contributed by atoms with Gasteiger partial charge in [-0.1, -0.05) is 42.5 Å². The van der Waals surface area contributed by atoms with Crippen molar-refractivity contribution >= 4 is 12.0 Å². The predicted octanol–water partition coefficient (Wildman–Crippen LogP) is 3.90. The second kappa shape index (κ2) is 6.88. The molecule has 0 radical (unpaired) electrons. The lowest BCUT2D eigenvalue weighted by Crippen LogP contribution is -2.44. The van der Waals surface area contributed by atoms with Crippen LogP contribution >= 0.6 is 0 Å². The lowest BCUT2D eigenvalue weighted by Gasteiger charge is -2.37. The second-order valence-electron chi connectivity index (χ2n) is 7.33. The highest BCUT2D eigenvalue weighted by Crippen LogP contribution is 2.34. The van der Waals surface area contributed by atoms with Crippen molar-refractivity contribution in [2.45, 2.75) is 51.2 Å². The molecule has 1 saturated heterocycles. The van der Waals surface area contributed by atoms with Crippen LogP contribution in [0.5, 0.6) is 0 Å². The van der Waals surface area contributed by atoms with Crippen LogP contribution in [0.1, 0.15) is 45.1 Å². The monoisotopic (exact) mass is 313 g/mol. The van der Waals surface area contributed by atoms with Crippen molar-refractivity contribution in [1.82, 2.24) is 4.90 Å². The number of hydrogen-bond acceptors (Lipinski definition) is 2. The van der Waals surface area contributed by atoms with Gasteiger partial charge >= 0.3 is 0 Å². The van der Waals surface area contributed by atoms with Crippen molar-refractivity contribution in [1.29, 1.82) is 0 Å². The maximum atomic E-state index is 12.9. The Kier molecular flexibility index (Phi) is 4.86. The number of ether oxygens (including phenoxy) is 1. The Morgan fingerprint density at radius 3 is 2.65 bits per heavy atom. The highest BCUT2D eigenvalue weighted by Gasteiger charge is 2.39. The molecular weight excluding hydrogens is 286 g/mol. The molecule has 1 aromatic carbocycles. The molecule has 2 fully saturated rings. The third-order valence-corrected chi connectivity index (χ3v) is 4.73. The number of amides is 1. The molecule has 1 unspecified atom stereocenters. The van der Waals surface area contributed by atoms with Gasteiger partial charge in [0.15, 0.2) is 0 Å². The summed E-state index contributed by atoms with van der Waals surface area (Å²) >= 11 is 0. The first-order chi connectivity index (χ1) is 11.1. The first-order valence-electron chi connectivity index (χ1n) is 8.71. The zero-order chi connectivity index (χ0) is 16.3. The average molecular weight is 313 g/mol. The van der Waals surface area contributed by atoms with Crippen molar-refractivity contribution in [3.05, 3.63) is 42.0 Å². The van der Waals surface area contributed by atoms with Crippen molar-refractivity contribution in [3.8, 4) is 0 Å². The van der Waals surface area contributed by atoms with Crippen molar-refractivity contribution in [3.63, 3.8) is 0 Å². The van der Waals surface area contributed by atoms with E-state index in [9.17, 15) is 4.79 Å². The van der Waals surface area contributed by atoms with Gasteiger partial charge in [-0.15, -0.1) is 0 Å². The predicted molar refractivity (Wildman–Crippen MR) is 93.0 cm³/mol. The highest BCUT2D eigenvalue weighted by atomic mass is 16.5. The van der Waals surface area contributed by atoms with Crippen LogP contribution in [0.4, 0.5) is 0 Å². The van der Waals surface area contributed by atoms with Gasteiger partial charge in [-0.05, 0) is 45.1 Å². The number of carbonyl (C=O) groups is 1. The standard InChI is InChI=1S/C20H27NO2/c1-20(2)15-17(12-14-23-20)19(22)21(18-10-11-18)13-6-9-16-7-4-3-5-8-16/h3-9,17-18H,10-15H2,1-2H3. The van der Waals surface area contributed by atoms with Crippen LogP contribution in [-0.2, 0) is 9.53 Å². The van der Waals surface area contributed by atoms with E-state index >= 15 is 0 Å². The minimum atomic E-state index is -0.173. The lowest BCUT2D eigenvalue weighted by atomic mass is 9.87. The molecule has 0 spiro atoms. The molecule has 0 aromatic heterocycles. The molecule has 3 heteroatoms. The lowest BCUT2D eigenvalue weighted by molar-refractivity contribution is -0.145. The van der Waals surface area contributed by atoms with E-state index in [1.54, 1.807) is 0 Å². The number of rotatable bonds is 5. The minimum Gasteiger partial charge on any atom is -0.376 e. The molecule has 23 heavy (non-hydrogen) atoms. The van der Waals surface area contributed by atoms with Gasteiger partial charge < -0.3 is 9.64 Å². The normalized spacial score (nSPS) is 23.8. The fraction of sp³-hybridized carbons (Fsp3) is 0.550. The topological polar surface area (TPSA) is 29.5 Å².